The molecule has 4 heterocycles. The largest absolute Gasteiger partial charge is 0.477 e. The Morgan fingerprint density at radius 3 is 2.34 bits per heavy atom. The van der Waals surface area contributed by atoms with Crippen molar-refractivity contribution < 1.29 is 38.7 Å². The van der Waals surface area contributed by atoms with Gasteiger partial charge in [0.25, 0.3) is 5.91 Å². The number of β-lactam (4-membered cyclic amide) rings is 1. The Morgan fingerprint density at radius 1 is 1.21 bits per heavy atom. The van der Waals surface area contributed by atoms with Gasteiger partial charge in [-0.25, -0.2) is 9.36 Å². The first-order chi connectivity index (χ1) is 17.7. The number of phosphoric acid groups is 1. The van der Waals surface area contributed by atoms with Crippen molar-refractivity contribution in [1.29, 1.82) is 0 Å². The van der Waals surface area contributed by atoms with Crippen LogP contribution in [0.25, 0.3) is 0 Å². The second-order valence-corrected chi connectivity index (χ2v) is 12.9. The molecule has 1 saturated heterocycles. The average molecular weight is 646 g/mol. The van der Waals surface area contributed by atoms with Gasteiger partial charge in [0.15, 0.2) is 4.34 Å². The van der Waals surface area contributed by atoms with E-state index in [1.165, 1.54) is 56.7 Å². The van der Waals surface area contributed by atoms with Gasteiger partial charge in [-0.3, -0.25) is 19.3 Å². The highest BCUT2D eigenvalue weighted by atomic mass is 35.5. The van der Waals surface area contributed by atoms with E-state index in [9.17, 15) is 24.3 Å². The minimum atomic E-state index is -4.64. The van der Waals surface area contributed by atoms with Gasteiger partial charge in [0.2, 0.25) is 11.3 Å². The maximum absolute atomic E-state index is 12.8. The smallest absolute Gasteiger partial charge is 0.466 e. The number of rotatable bonds is 7. The van der Waals surface area contributed by atoms with E-state index in [0.29, 0.717) is 17.1 Å². The maximum Gasteiger partial charge on any atom is 0.466 e. The molecule has 0 saturated carbocycles. The van der Waals surface area contributed by atoms with Gasteiger partial charge < -0.3 is 29.7 Å². The van der Waals surface area contributed by atoms with Crippen molar-refractivity contribution in [2.24, 2.45) is 0 Å². The Bertz CT molecular complexity index is 1380. The number of carboxylic acids is 1. The third-order valence-corrected chi connectivity index (χ3v) is 8.70. The summed E-state index contributed by atoms with van der Waals surface area (Å²) in [6.07, 6.45) is 2.54. The number of hydrogen-bond acceptors (Lipinski definition) is 10. The van der Waals surface area contributed by atoms with Crippen LogP contribution in [0.4, 0.5) is 0 Å². The molecule has 2 aromatic rings. The van der Waals surface area contributed by atoms with Gasteiger partial charge in [0.05, 0.1) is 0 Å². The van der Waals surface area contributed by atoms with Crippen molar-refractivity contribution in [3.05, 3.63) is 48.9 Å². The van der Waals surface area contributed by atoms with Crippen LogP contribution in [0.15, 0.2) is 32.8 Å². The Morgan fingerprint density at radius 2 is 1.82 bits per heavy atom. The molecule has 14 nitrogen and oxygen atoms in total. The number of carboxylic acid groups (broad SMARTS) is 1. The number of aryl methyl sites for hydroxylation is 1. The number of carbonyl (C=O) groups excluding carboxylic acids is 2. The molecular formula is C18H18Cl2N5O9PS3. The Hall–Kier alpha value is -1.95. The molecule has 2 aromatic heterocycles. The molecule has 2 aliphatic heterocycles. The molecule has 5 N–H and O–H groups in total. The van der Waals surface area contributed by atoms with Crippen molar-refractivity contribution in [1.82, 2.24) is 25.0 Å². The maximum atomic E-state index is 12.8. The third-order valence-electron chi connectivity index (χ3n) is 4.76. The lowest BCUT2D eigenvalue weighted by atomic mass is 10.0. The summed E-state index contributed by atoms with van der Waals surface area (Å²) < 4.78 is 10.9. The number of thioether (sulfide) groups is 2. The lowest BCUT2D eigenvalue weighted by molar-refractivity contribution is -0.150. The SMILES string of the molecule is Cc1nnc(SCC2=C(C(=O)O)N3C(=O)[C@@H](NC(=O)Cn4cc(Cl)c(=O)c(Cl)c4)[C@H]3SC2)s1.O=P(O)(O)O. The number of aliphatic carboxylic acids is 1. The second kappa shape index (κ2) is 12.5. The summed E-state index contributed by atoms with van der Waals surface area (Å²) >= 11 is 15.8. The molecule has 4 rings (SSSR count). The van der Waals surface area contributed by atoms with Crippen LogP contribution in [0.5, 0.6) is 0 Å². The summed E-state index contributed by atoms with van der Waals surface area (Å²) in [5, 5.41) is 20.4. The summed E-state index contributed by atoms with van der Waals surface area (Å²) in [7, 11) is -4.64. The van der Waals surface area contributed by atoms with Crippen molar-refractivity contribution in [3.63, 3.8) is 0 Å². The van der Waals surface area contributed by atoms with Crippen molar-refractivity contribution in [2.45, 2.75) is 29.2 Å². The molecule has 206 valence electrons. The highest BCUT2D eigenvalue weighted by molar-refractivity contribution is 8.01. The molecule has 38 heavy (non-hydrogen) atoms. The first kappa shape index (κ1) is 30.6. The minimum Gasteiger partial charge on any atom is -0.477 e. The molecule has 2 amide bonds. The second-order valence-electron chi connectivity index (χ2n) is 7.56. The standard InChI is InChI=1S/C18H15Cl2N5O5S3.H3O4P/c1-7-22-23-18(33-7)32-6-8-5-31-16-12(15(28)25(16)13(8)17(29)30)21-11(26)4-24-2-9(19)14(27)10(20)3-24;1-5(2,3)4/h2-3,12,16H,4-6H2,1H3,(H,21,26)(H,29,30);(H3,1,2,3,4)/t12-,16-;/m1./s1. The van der Waals surface area contributed by atoms with Gasteiger partial charge in [0.1, 0.15) is 38.7 Å². The predicted octanol–water partition coefficient (Wildman–Crippen LogP) is 0.917. The van der Waals surface area contributed by atoms with Crippen LogP contribution in [0.1, 0.15) is 5.01 Å². The molecule has 0 aliphatic carbocycles. The predicted molar refractivity (Wildman–Crippen MR) is 140 cm³/mol. The van der Waals surface area contributed by atoms with E-state index in [-0.39, 0.29) is 22.3 Å². The van der Waals surface area contributed by atoms with Gasteiger partial charge in [-0.1, -0.05) is 46.3 Å². The number of nitrogens with one attached hydrogen (secondary N) is 1. The van der Waals surface area contributed by atoms with Gasteiger partial charge in [-0.2, -0.15) is 0 Å². The van der Waals surface area contributed by atoms with Crippen LogP contribution >= 0.6 is 65.9 Å². The lowest BCUT2D eigenvalue weighted by Crippen LogP contribution is -2.70. The normalized spacial score (nSPS) is 18.8. The number of aromatic nitrogens is 3. The third kappa shape index (κ3) is 7.80. The molecule has 2 atom stereocenters. The summed E-state index contributed by atoms with van der Waals surface area (Å²) in [5.74, 6) is -1.43. The van der Waals surface area contributed by atoms with Crippen LogP contribution < -0.4 is 10.7 Å². The van der Waals surface area contributed by atoms with Crippen LogP contribution in [0, 0.1) is 6.92 Å². The first-order valence-electron chi connectivity index (χ1n) is 10.1. The summed E-state index contributed by atoms with van der Waals surface area (Å²) in [6, 6.07) is -0.859. The zero-order valence-corrected chi connectivity index (χ0v) is 23.8. The van der Waals surface area contributed by atoms with Gasteiger partial charge >= 0.3 is 13.8 Å². The Kier molecular flexibility index (Phi) is 10.1. The molecule has 1 fully saturated rings. The van der Waals surface area contributed by atoms with E-state index in [0.717, 1.165) is 9.35 Å². The number of carbonyl (C=O) groups is 3. The monoisotopic (exact) mass is 645 g/mol. The summed E-state index contributed by atoms with van der Waals surface area (Å²) in [6.45, 7) is 1.62. The summed E-state index contributed by atoms with van der Waals surface area (Å²) in [5.41, 5.74) is 0.0147. The highest BCUT2D eigenvalue weighted by Gasteiger charge is 2.54. The Balaban J connectivity index is 0.000000732. The van der Waals surface area contributed by atoms with Crippen LogP contribution in [0.3, 0.4) is 0 Å². The molecule has 0 spiro atoms. The van der Waals surface area contributed by atoms with E-state index < -0.39 is 42.5 Å². The lowest BCUT2D eigenvalue weighted by Gasteiger charge is -2.49. The van der Waals surface area contributed by atoms with Gasteiger partial charge in [-0.15, -0.1) is 22.0 Å². The topological polar surface area (TPSA) is 212 Å². The van der Waals surface area contributed by atoms with Gasteiger partial charge in [-0.05, 0) is 12.5 Å². The molecular weight excluding hydrogens is 628 g/mol. The fourth-order valence-corrected chi connectivity index (χ4v) is 7.12. The number of halogens is 2. The zero-order valence-electron chi connectivity index (χ0n) is 19.0. The van der Waals surface area contributed by atoms with E-state index in [1.54, 1.807) is 0 Å². The van der Waals surface area contributed by atoms with E-state index in [4.69, 9.17) is 42.4 Å². The van der Waals surface area contributed by atoms with E-state index >= 15 is 0 Å². The van der Waals surface area contributed by atoms with E-state index in [1.807, 2.05) is 6.92 Å². The van der Waals surface area contributed by atoms with Gasteiger partial charge in [0, 0.05) is 23.9 Å². The first-order valence-corrected chi connectivity index (χ1v) is 15.3. The van der Waals surface area contributed by atoms with Crippen molar-refractivity contribution in [3.8, 4) is 0 Å². The summed E-state index contributed by atoms with van der Waals surface area (Å²) in [4.78, 5) is 71.5. The molecule has 0 radical (unpaired) electrons. The number of pyridine rings is 1. The number of nitrogens with zero attached hydrogens (tertiary/aromatic N) is 4. The van der Waals surface area contributed by atoms with E-state index in [2.05, 4.69) is 15.5 Å². The fraction of sp³-hybridized carbons (Fsp3) is 0.333. The zero-order chi connectivity index (χ0) is 28.4. The van der Waals surface area contributed by atoms with Crippen LogP contribution in [-0.4, -0.2) is 80.2 Å². The van der Waals surface area contributed by atoms with Crippen LogP contribution in [0.2, 0.25) is 10.0 Å². The van der Waals surface area contributed by atoms with Crippen molar-refractivity contribution >= 4 is 83.7 Å². The number of fused-ring (bicyclic) bond motifs is 1. The molecule has 0 bridgehead atoms. The molecule has 0 aromatic carbocycles. The fourth-order valence-electron chi connectivity index (χ4n) is 3.32. The van der Waals surface area contributed by atoms with Crippen molar-refractivity contribution in [2.75, 3.05) is 11.5 Å². The number of amides is 2. The molecule has 2 aliphatic rings. The molecule has 0 unspecified atom stereocenters. The molecule has 20 heteroatoms. The quantitative estimate of drug-likeness (QED) is 0.161. The average Bonchev–Trinajstić information content (AvgIpc) is 3.22. The highest BCUT2D eigenvalue weighted by Crippen LogP contribution is 2.41. The number of hydrogen-bond donors (Lipinski definition) is 5. The Labute approximate surface area is 236 Å². The van der Waals surface area contributed by atoms with Crippen LogP contribution in [-0.2, 0) is 25.5 Å². The minimum absolute atomic E-state index is 0.0537.